The van der Waals surface area contributed by atoms with Gasteiger partial charge in [-0.2, -0.15) is 0 Å². The molecule has 0 bridgehead atoms. The van der Waals surface area contributed by atoms with Gasteiger partial charge in [0.25, 0.3) is 5.56 Å². The Morgan fingerprint density at radius 1 is 0.972 bits per heavy atom. The first kappa shape index (κ1) is 30.2. The smallest absolute Gasteiger partial charge is 0.490 e. The first-order valence-electron chi connectivity index (χ1n) is 13.3. The number of ether oxygens (including phenoxy) is 2. The molecular weight excluding hydrogens is 487 g/mol. The molecule has 10 nitrogen and oxygen atoms in total. The zero-order chi connectivity index (χ0) is 26.2. The number of rotatable bonds is 20. The summed E-state index contributed by atoms with van der Waals surface area (Å²) < 4.78 is 28.8. The Morgan fingerprint density at radius 2 is 1.53 bits per heavy atom. The van der Waals surface area contributed by atoms with E-state index in [-0.39, 0.29) is 11.6 Å². The average Bonchev–Trinajstić information content (AvgIpc) is 3.17. The molecular formula is C25H42N2O8P+. The van der Waals surface area contributed by atoms with Gasteiger partial charge >= 0.3 is 13.9 Å². The summed E-state index contributed by atoms with van der Waals surface area (Å²) in [5.41, 5.74) is -1.34. The van der Waals surface area contributed by atoms with Gasteiger partial charge in [0, 0.05) is 16.8 Å². The molecule has 3 N–H and O–H groups in total. The quantitative estimate of drug-likeness (QED) is 0.165. The molecule has 0 aromatic carbocycles. The second-order valence-electron chi connectivity index (χ2n) is 9.20. The van der Waals surface area contributed by atoms with Crippen LogP contribution >= 0.6 is 8.25 Å². The number of aliphatic hydroxyl groups excluding tert-OH is 1. The minimum Gasteiger partial charge on any atom is -0.490 e. The van der Waals surface area contributed by atoms with Crippen molar-refractivity contribution in [1.82, 2.24) is 9.55 Å². The monoisotopic (exact) mass is 529 g/mol. The molecule has 1 aliphatic heterocycles. The summed E-state index contributed by atoms with van der Waals surface area (Å²) in [6.45, 7) is 2.01. The van der Waals surface area contributed by atoms with Gasteiger partial charge in [0.1, 0.15) is 0 Å². The van der Waals surface area contributed by atoms with E-state index in [0.29, 0.717) is 6.61 Å². The zero-order valence-electron chi connectivity index (χ0n) is 21.4. The van der Waals surface area contributed by atoms with Crippen LogP contribution in [0.2, 0.25) is 0 Å². The standard InChI is InChI=1S/C25H41N2O8P/c1-2-3-4-5-6-7-8-9-10-11-12-13-14-15-18-33-23-22(35-36(31)32)20(19-28)34-24(23)27-17-16-21(29)26-25(27)30/h16-17,20,22,28H,2-15,18-19H2,1H3,(H-,26,29,30,31,32)/p+1/t20-,22?/m1/s1. The minimum absolute atomic E-state index is 0.0373. The van der Waals surface area contributed by atoms with E-state index >= 15 is 0 Å². The van der Waals surface area contributed by atoms with Gasteiger partial charge in [-0.25, -0.2) is 9.36 Å². The van der Waals surface area contributed by atoms with Crippen LogP contribution in [0.3, 0.4) is 0 Å². The number of hydrogen-bond acceptors (Lipinski definition) is 7. The van der Waals surface area contributed by atoms with Crippen molar-refractivity contribution in [2.45, 2.75) is 109 Å². The third kappa shape index (κ3) is 10.5. The van der Waals surface area contributed by atoms with Crippen LogP contribution in [0.1, 0.15) is 96.8 Å². The molecule has 0 aliphatic carbocycles. The van der Waals surface area contributed by atoms with Crippen molar-refractivity contribution in [2.75, 3.05) is 13.2 Å². The lowest BCUT2D eigenvalue weighted by Crippen LogP contribution is -2.30. The lowest BCUT2D eigenvalue weighted by molar-refractivity contribution is 0.0174. The van der Waals surface area contributed by atoms with E-state index in [4.69, 9.17) is 14.0 Å². The fraction of sp³-hybridized carbons (Fsp3) is 0.760. The highest BCUT2D eigenvalue weighted by atomic mass is 31.1. The van der Waals surface area contributed by atoms with Gasteiger partial charge in [-0.1, -0.05) is 90.4 Å². The fourth-order valence-electron chi connectivity index (χ4n) is 4.27. The SMILES string of the molecule is CCCCCCCCCCCCCCCCOC1=C(n2ccc(=O)[nH]c2=O)O[C@H](CO)C1O[P+](=O)O. The first-order valence-corrected chi connectivity index (χ1v) is 14.4. The molecule has 0 saturated carbocycles. The molecule has 0 saturated heterocycles. The molecule has 3 atom stereocenters. The third-order valence-electron chi connectivity index (χ3n) is 6.25. The summed E-state index contributed by atoms with van der Waals surface area (Å²) in [4.78, 5) is 35.0. The summed E-state index contributed by atoms with van der Waals surface area (Å²) in [6, 6.07) is 1.14. The topological polar surface area (TPSA) is 140 Å². The molecule has 1 aliphatic rings. The highest BCUT2D eigenvalue weighted by Crippen LogP contribution is 2.36. The van der Waals surface area contributed by atoms with Crippen LogP contribution in [0.25, 0.3) is 5.88 Å². The number of aromatic nitrogens is 2. The van der Waals surface area contributed by atoms with Gasteiger partial charge < -0.3 is 14.6 Å². The maximum absolute atomic E-state index is 12.2. The third-order valence-corrected chi connectivity index (χ3v) is 6.66. The molecule has 2 heterocycles. The molecule has 11 heteroatoms. The normalized spacial score (nSPS) is 17.9. The number of aliphatic hydroxyl groups is 1. The molecule has 36 heavy (non-hydrogen) atoms. The molecule has 0 amide bonds. The van der Waals surface area contributed by atoms with Gasteiger partial charge in [0.2, 0.25) is 12.0 Å². The number of unbranched alkanes of at least 4 members (excludes halogenated alkanes) is 13. The molecule has 0 fully saturated rings. The van der Waals surface area contributed by atoms with Crippen LogP contribution in [0.4, 0.5) is 0 Å². The van der Waals surface area contributed by atoms with Crippen LogP contribution in [0, 0.1) is 0 Å². The Labute approximate surface area is 213 Å². The predicted molar refractivity (Wildman–Crippen MR) is 137 cm³/mol. The zero-order valence-corrected chi connectivity index (χ0v) is 22.3. The van der Waals surface area contributed by atoms with Gasteiger partial charge in [-0.05, 0) is 6.42 Å². The molecule has 0 spiro atoms. The summed E-state index contributed by atoms with van der Waals surface area (Å²) >= 11 is 0. The first-order chi connectivity index (χ1) is 17.5. The molecule has 204 valence electrons. The Balaban J connectivity index is 1.75. The summed E-state index contributed by atoms with van der Waals surface area (Å²) in [7, 11) is -3.01. The van der Waals surface area contributed by atoms with E-state index in [0.717, 1.165) is 29.9 Å². The number of H-pyrrole nitrogens is 1. The second-order valence-corrected chi connectivity index (χ2v) is 9.88. The summed E-state index contributed by atoms with van der Waals surface area (Å²) in [5.74, 6) is -0.0437. The lowest BCUT2D eigenvalue weighted by Gasteiger charge is -2.13. The van der Waals surface area contributed by atoms with E-state index in [1.54, 1.807) is 0 Å². The van der Waals surface area contributed by atoms with Crippen molar-refractivity contribution in [3.63, 3.8) is 0 Å². The predicted octanol–water partition coefficient (Wildman–Crippen LogP) is 4.59. The lowest BCUT2D eigenvalue weighted by atomic mass is 10.0. The maximum Gasteiger partial charge on any atom is 0.695 e. The number of hydrogen-bond donors (Lipinski definition) is 3. The van der Waals surface area contributed by atoms with Crippen molar-refractivity contribution in [2.24, 2.45) is 0 Å². The average molecular weight is 530 g/mol. The number of nitrogens with zero attached hydrogens (tertiary/aromatic N) is 1. The number of aromatic amines is 1. The number of nitrogens with one attached hydrogen (secondary N) is 1. The largest absolute Gasteiger partial charge is 0.695 e. The molecule has 0 radical (unpaired) electrons. The van der Waals surface area contributed by atoms with Crippen molar-refractivity contribution in [3.8, 4) is 0 Å². The molecule has 1 aromatic rings. The highest BCUT2D eigenvalue weighted by molar-refractivity contribution is 7.32. The van der Waals surface area contributed by atoms with E-state index in [9.17, 15) is 24.2 Å². The Hall–Kier alpha value is -2.00. The Kier molecular flexibility index (Phi) is 14.7. The van der Waals surface area contributed by atoms with Crippen molar-refractivity contribution < 1.29 is 28.6 Å². The van der Waals surface area contributed by atoms with Gasteiger partial charge in [0.15, 0.2) is 11.9 Å². The van der Waals surface area contributed by atoms with Gasteiger partial charge in [-0.15, -0.1) is 9.42 Å². The van der Waals surface area contributed by atoms with E-state index in [2.05, 4.69) is 11.9 Å². The van der Waals surface area contributed by atoms with Gasteiger partial charge in [-0.3, -0.25) is 9.78 Å². The van der Waals surface area contributed by atoms with Crippen LogP contribution < -0.4 is 11.2 Å². The van der Waals surface area contributed by atoms with Crippen molar-refractivity contribution >= 4 is 14.1 Å². The Morgan fingerprint density at radius 3 is 2.03 bits per heavy atom. The summed E-state index contributed by atoms with van der Waals surface area (Å²) in [6.07, 6.45) is 16.2. The highest BCUT2D eigenvalue weighted by Gasteiger charge is 2.45. The molecule has 2 rings (SSSR count). The Bertz CT molecular complexity index is 929. The molecule has 1 aromatic heterocycles. The fourth-order valence-corrected chi connectivity index (χ4v) is 4.70. The van der Waals surface area contributed by atoms with E-state index in [1.165, 1.54) is 76.8 Å². The van der Waals surface area contributed by atoms with Crippen LogP contribution in [0.5, 0.6) is 0 Å². The van der Waals surface area contributed by atoms with Crippen LogP contribution in [-0.2, 0) is 18.6 Å². The second kappa shape index (κ2) is 17.5. The summed E-state index contributed by atoms with van der Waals surface area (Å²) in [5, 5.41) is 9.64. The van der Waals surface area contributed by atoms with Crippen LogP contribution in [-0.4, -0.2) is 45.0 Å². The van der Waals surface area contributed by atoms with Crippen molar-refractivity contribution in [1.29, 1.82) is 0 Å². The van der Waals surface area contributed by atoms with Crippen LogP contribution in [0.15, 0.2) is 27.6 Å². The van der Waals surface area contributed by atoms with Crippen molar-refractivity contribution in [3.05, 3.63) is 38.9 Å². The van der Waals surface area contributed by atoms with Gasteiger partial charge in [0.05, 0.1) is 13.2 Å². The van der Waals surface area contributed by atoms with E-state index in [1.807, 2.05) is 0 Å². The minimum atomic E-state index is -3.01. The molecule has 2 unspecified atom stereocenters. The van der Waals surface area contributed by atoms with E-state index < -0.39 is 38.3 Å². The maximum atomic E-state index is 12.2.